The van der Waals surface area contributed by atoms with Gasteiger partial charge in [-0.15, -0.1) is 9.78 Å². The number of carboxylic acid groups (broad SMARTS) is 1. The normalized spacial score (nSPS) is 11.0. The minimum atomic E-state index is -0.988. The summed E-state index contributed by atoms with van der Waals surface area (Å²) in [6.45, 7) is 4.08. The van der Waals surface area contributed by atoms with Gasteiger partial charge in [0, 0.05) is 11.5 Å². The second-order valence-corrected chi connectivity index (χ2v) is 8.01. The van der Waals surface area contributed by atoms with Gasteiger partial charge < -0.3 is 5.11 Å². The van der Waals surface area contributed by atoms with Crippen LogP contribution in [0.5, 0.6) is 0 Å². The van der Waals surface area contributed by atoms with Crippen molar-refractivity contribution in [1.82, 2.24) is 14.3 Å². The maximum Gasteiger partial charge on any atom is 0.353 e. The van der Waals surface area contributed by atoms with E-state index in [-0.39, 0.29) is 18.0 Å². The van der Waals surface area contributed by atoms with Crippen LogP contribution in [-0.2, 0) is 6.54 Å². The van der Waals surface area contributed by atoms with Crippen molar-refractivity contribution in [2.24, 2.45) is 0 Å². The van der Waals surface area contributed by atoms with Crippen LogP contribution in [0.1, 0.15) is 51.9 Å². The molecule has 4 aromatic rings. The highest BCUT2D eigenvalue weighted by atomic mass is 16.4. The first-order chi connectivity index (χ1) is 15.9. The fourth-order valence-corrected chi connectivity index (χ4v) is 3.72. The lowest BCUT2D eigenvalue weighted by Crippen LogP contribution is -2.30. The van der Waals surface area contributed by atoms with Crippen molar-refractivity contribution < 1.29 is 14.7 Å². The molecule has 1 heterocycles. The summed E-state index contributed by atoms with van der Waals surface area (Å²) >= 11 is 0. The molecule has 0 spiro atoms. The van der Waals surface area contributed by atoms with Crippen molar-refractivity contribution >= 4 is 11.9 Å². The standard InChI is InChI=1S/C26H23N3O4/c1-17(2)23-27-29(24(30)20-8-4-3-5-9-20)26(33)28(23)16-18-12-14-19(15-13-18)21-10-6-7-11-22(21)25(31)32/h3-15,17H,16H2,1-2H3,(H,31,32). The molecule has 0 amide bonds. The van der Waals surface area contributed by atoms with E-state index in [9.17, 15) is 19.5 Å². The highest BCUT2D eigenvalue weighted by Gasteiger charge is 2.21. The van der Waals surface area contributed by atoms with Gasteiger partial charge in [-0.1, -0.05) is 74.5 Å². The van der Waals surface area contributed by atoms with Crippen LogP contribution < -0.4 is 5.69 Å². The number of hydrogen-bond donors (Lipinski definition) is 1. The van der Waals surface area contributed by atoms with Crippen molar-refractivity contribution in [3.05, 3.63) is 112 Å². The number of benzene rings is 3. The predicted octanol–water partition coefficient (Wildman–Crippen LogP) is 4.27. The lowest BCUT2D eigenvalue weighted by atomic mass is 9.99. The minimum absolute atomic E-state index is 0.0655. The quantitative estimate of drug-likeness (QED) is 0.482. The van der Waals surface area contributed by atoms with Crippen LogP contribution >= 0.6 is 0 Å². The molecule has 0 aliphatic rings. The summed E-state index contributed by atoms with van der Waals surface area (Å²) in [4.78, 5) is 37.5. The summed E-state index contributed by atoms with van der Waals surface area (Å²) < 4.78 is 2.42. The van der Waals surface area contributed by atoms with Gasteiger partial charge in [-0.05, 0) is 34.9 Å². The first kappa shape index (κ1) is 22.0. The number of nitrogens with zero attached hydrogens (tertiary/aromatic N) is 3. The largest absolute Gasteiger partial charge is 0.478 e. The Labute approximate surface area is 190 Å². The smallest absolute Gasteiger partial charge is 0.353 e. The van der Waals surface area contributed by atoms with E-state index in [4.69, 9.17) is 0 Å². The van der Waals surface area contributed by atoms with Crippen LogP contribution in [0.25, 0.3) is 11.1 Å². The Balaban J connectivity index is 1.67. The van der Waals surface area contributed by atoms with E-state index in [1.165, 1.54) is 4.57 Å². The predicted molar refractivity (Wildman–Crippen MR) is 125 cm³/mol. The second kappa shape index (κ2) is 9.08. The van der Waals surface area contributed by atoms with Crippen LogP contribution in [0.4, 0.5) is 0 Å². The molecule has 0 radical (unpaired) electrons. The van der Waals surface area contributed by atoms with Gasteiger partial charge in [0.25, 0.3) is 5.91 Å². The molecule has 0 atom stereocenters. The Hall–Kier alpha value is -4.26. The summed E-state index contributed by atoms with van der Waals surface area (Å²) in [7, 11) is 0. The number of hydrogen-bond acceptors (Lipinski definition) is 4. The molecule has 1 aromatic heterocycles. The highest BCUT2D eigenvalue weighted by molar-refractivity contribution is 5.96. The van der Waals surface area contributed by atoms with Crippen LogP contribution in [-0.4, -0.2) is 31.3 Å². The zero-order valence-corrected chi connectivity index (χ0v) is 18.3. The van der Waals surface area contributed by atoms with Crippen LogP contribution in [0.2, 0.25) is 0 Å². The van der Waals surface area contributed by atoms with E-state index < -0.39 is 17.6 Å². The van der Waals surface area contributed by atoms with Gasteiger partial charge in [0.05, 0.1) is 12.1 Å². The third kappa shape index (κ3) is 4.39. The topological polar surface area (TPSA) is 94.2 Å². The average Bonchev–Trinajstić information content (AvgIpc) is 3.16. The van der Waals surface area contributed by atoms with Gasteiger partial charge >= 0.3 is 11.7 Å². The Kier molecular flexibility index (Phi) is 6.04. The molecule has 1 N–H and O–H groups in total. The first-order valence-electron chi connectivity index (χ1n) is 10.6. The summed E-state index contributed by atoms with van der Waals surface area (Å²) in [6, 6.07) is 22.7. The Morgan fingerprint density at radius 3 is 2.18 bits per heavy atom. The molecular formula is C26H23N3O4. The van der Waals surface area contributed by atoms with Gasteiger partial charge in [-0.3, -0.25) is 9.36 Å². The van der Waals surface area contributed by atoms with Gasteiger partial charge in [0.2, 0.25) is 0 Å². The molecule has 3 aromatic carbocycles. The van der Waals surface area contributed by atoms with E-state index >= 15 is 0 Å². The third-order valence-electron chi connectivity index (χ3n) is 5.38. The van der Waals surface area contributed by atoms with Crippen molar-refractivity contribution in [2.75, 3.05) is 0 Å². The summed E-state index contributed by atoms with van der Waals surface area (Å²) in [5, 5.41) is 13.8. The number of aromatic nitrogens is 3. The van der Waals surface area contributed by atoms with E-state index in [1.54, 1.807) is 54.6 Å². The second-order valence-electron chi connectivity index (χ2n) is 8.01. The van der Waals surface area contributed by atoms with Crippen molar-refractivity contribution in [1.29, 1.82) is 0 Å². The molecule has 0 unspecified atom stereocenters. The lowest BCUT2D eigenvalue weighted by molar-refractivity contribution is 0.0697. The molecule has 4 rings (SSSR count). The number of carbonyl (C=O) groups is 2. The Morgan fingerprint density at radius 2 is 1.55 bits per heavy atom. The van der Waals surface area contributed by atoms with Crippen LogP contribution in [0.15, 0.2) is 83.7 Å². The molecular weight excluding hydrogens is 418 g/mol. The molecule has 33 heavy (non-hydrogen) atoms. The Morgan fingerprint density at radius 1 is 0.909 bits per heavy atom. The van der Waals surface area contributed by atoms with Gasteiger partial charge in [0.1, 0.15) is 5.82 Å². The zero-order valence-electron chi connectivity index (χ0n) is 18.3. The van der Waals surface area contributed by atoms with E-state index in [2.05, 4.69) is 5.10 Å². The average molecular weight is 441 g/mol. The van der Waals surface area contributed by atoms with Crippen LogP contribution in [0.3, 0.4) is 0 Å². The first-order valence-corrected chi connectivity index (χ1v) is 10.6. The molecule has 0 saturated carbocycles. The summed E-state index contributed by atoms with van der Waals surface area (Å²) in [6.07, 6.45) is 0. The molecule has 0 fully saturated rings. The number of carboxylic acids is 1. The van der Waals surface area contributed by atoms with Crippen molar-refractivity contribution in [2.45, 2.75) is 26.3 Å². The maximum atomic E-state index is 13.1. The minimum Gasteiger partial charge on any atom is -0.478 e. The molecule has 7 nitrogen and oxygen atoms in total. The summed E-state index contributed by atoms with van der Waals surface area (Å²) in [5.74, 6) is -1.01. The molecule has 0 bridgehead atoms. The molecule has 7 heteroatoms. The maximum absolute atomic E-state index is 13.1. The van der Waals surface area contributed by atoms with Crippen LogP contribution in [0, 0.1) is 0 Å². The number of aromatic carboxylic acids is 1. The fourth-order valence-electron chi connectivity index (χ4n) is 3.72. The Bertz CT molecular complexity index is 1370. The summed E-state index contributed by atoms with van der Waals surface area (Å²) in [5.41, 5.74) is 2.35. The van der Waals surface area contributed by atoms with Gasteiger partial charge in [-0.25, -0.2) is 9.59 Å². The molecule has 166 valence electrons. The SMILES string of the molecule is CC(C)c1nn(C(=O)c2ccccc2)c(=O)n1Cc1ccc(-c2ccccc2C(=O)O)cc1. The third-order valence-corrected chi connectivity index (χ3v) is 5.38. The van der Waals surface area contributed by atoms with Gasteiger partial charge in [0.15, 0.2) is 0 Å². The monoisotopic (exact) mass is 441 g/mol. The lowest BCUT2D eigenvalue weighted by Gasteiger charge is -2.10. The molecule has 0 aliphatic carbocycles. The van der Waals surface area contributed by atoms with Gasteiger partial charge in [-0.2, -0.15) is 0 Å². The fraction of sp³-hybridized carbons (Fsp3) is 0.154. The molecule has 0 saturated heterocycles. The van der Waals surface area contributed by atoms with E-state index in [0.717, 1.165) is 15.8 Å². The highest BCUT2D eigenvalue weighted by Crippen LogP contribution is 2.24. The van der Waals surface area contributed by atoms with E-state index in [1.807, 2.05) is 38.1 Å². The van der Waals surface area contributed by atoms with Crippen molar-refractivity contribution in [3.63, 3.8) is 0 Å². The van der Waals surface area contributed by atoms with Crippen molar-refractivity contribution in [3.8, 4) is 11.1 Å². The zero-order chi connectivity index (χ0) is 23.5. The number of carbonyl (C=O) groups excluding carboxylic acids is 1. The number of rotatable bonds is 6. The van der Waals surface area contributed by atoms with E-state index in [0.29, 0.717) is 17.0 Å². The molecule has 0 aliphatic heterocycles.